The number of primary amides is 1. The summed E-state index contributed by atoms with van der Waals surface area (Å²) in [6.07, 6.45) is 4.78. The zero-order chi connectivity index (χ0) is 15.0. The van der Waals surface area contributed by atoms with Crippen LogP contribution in [0.2, 0.25) is 0 Å². The highest BCUT2D eigenvalue weighted by Gasteiger charge is 2.45. The summed E-state index contributed by atoms with van der Waals surface area (Å²) in [6, 6.07) is 0.705. The number of hydrogen-bond acceptors (Lipinski definition) is 6. The molecule has 1 aromatic rings. The van der Waals surface area contributed by atoms with E-state index in [0.29, 0.717) is 11.3 Å². The molecule has 0 radical (unpaired) electrons. The van der Waals surface area contributed by atoms with Crippen LogP contribution in [0.3, 0.4) is 0 Å². The van der Waals surface area contributed by atoms with Crippen molar-refractivity contribution in [3.8, 4) is 0 Å². The minimum Gasteiger partial charge on any atom is -0.368 e. The summed E-state index contributed by atoms with van der Waals surface area (Å²) in [4.78, 5) is 11.9. The maximum atomic E-state index is 11.9. The van der Waals surface area contributed by atoms with E-state index in [9.17, 15) is 4.79 Å². The van der Waals surface area contributed by atoms with E-state index in [1.807, 2.05) is 18.5 Å². The molecule has 2 saturated carbocycles. The second-order valence-corrected chi connectivity index (χ2v) is 7.63. The molecular formula is C13H22N6OS. The van der Waals surface area contributed by atoms with E-state index in [2.05, 4.69) is 20.8 Å². The highest BCUT2D eigenvalue weighted by atomic mass is 32.2. The van der Waals surface area contributed by atoms with E-state index in [0.717, 1.165) is 37.3 Å². The van der Waals surface area contributed by atoms with Crippen molar-refractivity contribution in [2.24, 2.45) is 5.73 Å². The molecule has 1 aromatic heterocycles. The number of nitrogens with one attached hydrogen (secondary N) is 1. The van der Waals surface area contributed by atoms with Gasteiger partial charge in [0.2, 0.25) is 11.1 Å². The zero-order valence-corrected chi connectivity index (χ0v) is 13.3. The van der Waals surface area contributed by atoms with Crippen LogP contribution >= 0.6 is 11.8 Å². The van der Waals surface area contributed by atoms with Crippen molar-refractivity contribution in [2.45, 2.75) is 74.0 Å². The Morgan fingerprint density at radius 2 is 2.24 bits per heavy atom. The molecule has 1 heterocycles. The van der Waals surface area contributed by atoms with Crippen LogP contribution in [0.25, 0.3) is 0 Å². The third-order valence-electron chi connectivity index (χ3n) is 4.13. The Hall–Kier alpha value is -1.15. The van der Waals surface area contributed by atoms with Gasteiger partial charge < -0.3 is 11.1 Å². The normalized spacial score (nSPS) is 29.2. The number of hydrogen-bond donors (Lipinski definition) is 2. The van der Waals surface area contributed by atoms with E-state index in [1.165, 1.54) is 0 Å². The fourth-order valence-electron chi connectivity index (χ4n) is 3.04. The maximum absolute atomic E-state index is 11.9. The molecule has 3 rings (SSSR count). The Morgan fingerprint density at radius 1 is 1.48 bits per heavy atom. The molecule has 0 spiro atoms. The van der Waals surface area contributed by atoms with Gasteiger partial charge in [-0.1, -0.05) is 11.8 Å². The predicted molar refractivity (Wildman–Crippen MR) is 79.8 cm³/mol. The number of thioether (sulfide) groups is 1. The lowest BCUT2D eigenvalue weighted by Crippen LogP contribution is -2.56. The number of rotatable bonds is 6. The van der Waals surface area contributed by atoms with Gasteiger partial charge in [-0.25, -0.2) is 4.68 Å². The summed E-state index contributed by atoms with van der Waals surface area (Å²) in [5, 5.41) is 16.5. The first-order chi connectivity index (χ1) is 10.00. The Bertz CT molecular complexity index is 528. The summed E-state index contributed by atoms with van der Waals surface area (Å²) >= 11 is 1.68. The lowest BCUT2D eigenvalue weighted by molar-refractivity contribution is -0.124. The third-order valence-corrected chi connectivity index (χ3v) is 5.35. The van der Waals surface area contributed by atoms with Crippen LogP contribution in [0, 0.1) is 0 Å². The topological polar surface area (TPSA) is 98.7 Å². The van der Waals surface area contributed by atoms with E-state index in [4.69, 9.17) is 5.73 Å². The number of amides is 1. The molecule has 0 aliphatic heterocycles. The van der Waals surface area contributed by atoms with Crippen LogP contribution < -0.4 is 11.1 Å². The molecule has 2 atom stereocenters. The van der Waals surface area contributed by atoms with Gasteiger partial charge in [0, 0.05) is 11.3 Å². The summed E-state index contributed by atoms with van der Waals surface area (Å²) in [7, 11) is 0. The van der Waals surface area contributed by atoms with Crippen molar-refractivity contribution in [1.29, 1.82) is 0 Å². The van der Waals surface area contributed by atoms with Gasteiger partial charge in [0.1, 0.15) is 0 Å². The van der Waals surface area contributed by atoms with Gasteiger partial charge in [0.05, 0.1) is 11.6 Å². The second-order valence-electron chi connectivity index (χ2n) is 6.37. The molecule has 0 saturated heterocycles. The average Bonchev–Trinajstić information content (AvgIpc) is 3.01. The SMILES string of the molecule is CC(C)NC1(C(N)=O)CCC(Sc2nnnn2C2CC2)C1. The second kappa shape index (κ2) is 5.57. The predicted octanol–water partition coefficient (Wildman–Crippen LogP) is 0.875. The van der Waals surface area contributed by atoms with Crippen LogP contribution in [-0.2, 0) is 4.79 Å². The quantitative estimate of drug-likeness (QED) is 0.809. The van der Waals surface area contributed by atoms with Crippen molar-refractivity contribution in [1.82, 2.24) is 25.5 Å². The molecule has 8 heteroatoms. The Labute approximate surface area is 128 Å². The van der Waals surface area contributed by atoms with Gasteiger partial charge in [-0.2, -0.15) is 0 Å². The van der Waals surface area contributed by atoms with Crippen LogP contribution in [0.15, 0.2) is 5.16 Å². The lowest BCUT2D eigenvalue weighted by Gasteiger charge is -2.29. The first-order valence-corrected chi connectivity index (χ1v) is 8.40. The largest absolute Gasteiger partial charge is 0.368 e. The highest BCUT2D eigenvalue weighted by Crippen LogP contribution is 2.42. The van der Waals surface area contributed by atoms with Crippen molar-refractivity contribution in [3.05, 3.63) is 0 Å². The van der Waals surface area contributed by atoms with Gasteiger partial charge in [-0.05, 0) is 56.4 Å². The molecule has 2 aliphatic carbocycles. The maximum Gasteiger partial charge on any atom is 0.237 e. The molecule has 7 nitrogen and oxygen atoms in total. The average molecular weight is 310 g/mol. The van der Waals surface area contributed by atoms with Gasteiger partial charge in [-0.15, -0.1) is 5.10 Å². The molecule has 2 unspecified atom stereocenters. The molecule has 1 amide bonds. The summed E-state index contributed by atoms with van der Waals surface area (Å²) < 4.78 is 1.92. The number of aromatic nitrogens is 4. The minimum atomic E-state index is -0.580. The smallest absolute Gasteiger partial charge is 0.237 e. The number of tetrazole rings is 1. The number of nitrogens with zero attached hydrogens (tertiary/aromatic N) is 4. The lowest BCUT2D eigenvalue weighted by atomic mass is 9.96. The molecule has 2 fully saturated rings. The number of nitrogens with two attached hydrogens (primary N) is 1. The van der Waals surface area contributed by atoms with Crippen LogP contribution in [0.1, 0.15) is 52.0 Å². The molecule has 21 heavy (non-hydrogen) atoms. The Morgan fingerprint density at radius 3 is 2.86 bits per heavy atom. The van der Waals surface area contributed by atoms with Crippen LogP contribution in [-0.4, -0.2) is 42.9 Å². The number of carbonyl (C=O) groups excluding carboxylic acids is 1. The van der Waals surface area contributed by atoms with E-state index in [1.54, 1.807) is 11.8 Å². The van der Waals surface area contributed by atoms with Gasteiger partial charge in [0.15, 0.2) is 0 Å². The highest BCUT2D eigenvalue weighted by molar-refractivity contribution is 7.99. The number of carbonyl (C=O) groups is 1. The molecule has 3 N–H and O–H groups in total. The fourth-order valence-corrected chi connectivity index (χ4v) is 4.32. The first-order valence-electron chi connectivity index (χ1n) is 7.52. The summed E-state index contributed by atoms with van der Waals surface area (Å²) in [5.41, 5.74) is 5.07. The van der Waals surface area contributed by atoms with Crippen molar-refractivity contribution >= 4 is 17.7 Å². The third kappa shape index (κ3) is 3.06. The summed E-state index contributed by atoms with van der Waals surface area (Å²) in [6.45, 7) is 4.08. The van der Waals surface area contributed by atoms with Crippen LogP contribution in [0.5, 0.6) is 0 Å². The first kappa shape index (κ1) is 14.8. The van der Waals surface area contributed by atoms with Gasteiger partial charge in [-0.3, -0.25) is 4.79 Å². The van der Waals surface area contributed by atoms with Crippen LogP contribution in [0.4, 0.5) is 0 Å². The zero-order valence-electron chi connectivity index (χ0n) is 12.5. The monoisotopic (exact) mass is 310 g/mol. The Kier molecular flexibility index (Phi) is 3.92. The standard InChI is InChI=1S/C13H22N6OS/c1-8(2)15-13(11(14)20)6-5-10(7-13)21-12-16-17-18-19(12)9-3-4-9/h8-10,15H,3-7H2,1-2H3,(H2,14,20). The molecule has 0 bridgehead atoms. The van der Waals surface area contributed by atoms with Crippen molar-refractivity contribution in [3.63, 3.8) is 0 Å². The van der Waals surface area contributed by atoms with E-state index >= 15 is 0 Å². The molecule has 0 aromatic carbocycles. The molecule has 2 aliphatic rings. The van der Waals surface area contributed by atoms with Crippen molar-refractivity contribution < 1.29 is 4.79 Å². The van der Waals surface area contributed by atoms with E-state index < -0.39 is 5.54 Å². The Balaban J connectivity index is 1.68. The molecule has 116 valence electrons. The summed E-state index contributed by atoms with van der Waals surface area (Å²) in [5.74, 6) is -0.249. The van der Waals surface area contributed by atoms with Gasteiger partial charge in [0.25, 0.3) is 0 Å². The van der Waals surface area contributed by atoms with Gasteiger partial charge >= 0.3 is 0 Å². The fraction of sp³-hybridized carbons (Fsp3) is 0.846. The molecular weight excluding hydrogens is 288 g/mol. The minimum absolute atomic E-state index is 0.234. The van der Waals surface area contributed by atoms with Crippen molar-refractivity contribution in [2.75, 3.05) is 0 Å². The van der Waals surface area contributed by atoms with E-state index in [-0.39, 0.29) is 11.9 Å².